The van der Waals surface area contributed by atoms with Gasteiger partial charge >= 0.3 is 0 Å². The van der Waals surface area contributed by atoms with Crippen LogP contribution in [0.25, 0.3) is 0 Å². The molecular weight excluding hydrogens is 452 g/mol. The van der Waals surface area contributed by atoms with E-state index in [0.29, 0.717) is 30.3 Å². The number of sulfonamides is 1. The van der Waals surface area contributed by atoms with Crippen LogP contribution in [0.4, 0.5) is 5.69 Å². The minimum atomic E-state index is -3.97. The summed E-state index contributed by atoms with van der Waals surface area (Å²) in [6.07, 6.45) is 1.82. The Balaban J connectivity index is 1.56. The highest BCUT2D eigenvalue weighted by atomic mass is 32.2. The molecule has 34 heavy (non-hydrogen) atoms. The van der Waals surface area contributed by atoms with Gasteiger partial charge in [0.05, 0.1) is 16.7 Å². The first-order valence-corrected chi connectivity index (χ1v) is 12.7. The predicted octanol–water partition coefficient (Wildman–Crippen LogP) is 4.28. The molecule has 4 rings (SSSR count). The van der Waals surface area contributed by atoms with E-state index >= 15 is 0 Å². The van der Waals surface area contributed by atoms with E-state index in [1.807, 2.05) is 37.3 Å². The second kappa shape index (κ2) is 10.7. The van der Waals surface area contributed by atoms with Gasteiger partial charge in [-0.15, -0.1) is 0 Å². The van der Waals surface area contributed by atoms with E-state index in [9.17, 15) is 13.2 Å². The molecule has 3 aromatic carbocycles. The molecule has 0 spiro atoms. The molecule has 1 aliphatic rings. The fourth-order valence-corrected chi connectivity index (χ4v) is 5.10. The second-order valence-corrected chi connectivity index (χ2v) is 10.0. The summed E-state index contributed by atoms with van der Waals surface area (Å²) in [4.78, 5) is 12.8. The summed E-state index contributed by atoms with van der Waals surface area (Å²) < 4.78 is 39.5. The van der Waals surface area contributed by atoms with Crippen molar-refractivity contribution in [3.63, 3.8) is 0 Å². The van der Waals surface area contributed by atoms with Gasteiger partial charge in [0.2, 0.25) is 5.91 Å². The van der Waals surface area contributed by atoms with Crippen molar-refractivity contribution < 1.29 is 22.7 Å². The zero-order valence-electron chi connectivity index (χ0n) is 19.0. The quantitative estimate of drug-likeness (QED) is 0.494. The molecule has 1 heterocycles. The molecule has 1 atom stereocenters. The van der Waals surface area contributed by atoms with Crippen molar-refractivity contribution in [1.29, 1.82) is 0 Å². The molecule has 0 unspecified atom stereocenters. The van der Waals surface area contributed by atoms with Gasteiger partial charge in [0.15, 0.2) is 0 Å². The van der Waals surface area contributed by atoms with Crippen molar-refractivity contribution in [2.24, 2.45) is 0 Å². The number of hydrogen-bond acceptors (Lipinski definition) is 5. The first-order valence-electron chi connectivity index (χ1n) is 11.2. The molecule has 7 nitrogen and oxygen atoms in total. The fourth-order valence-electron chi connectivity index (χ4n) is 3.68. The minimum absolute atomic E-state index is 0.0273. The Morgan fingerprint density at radius 1 is 1.00 bits per heavy atom. The van der Waals surface area contributed by atoms with Gasteiger partial charge < -0.3 is 14.8 Å². The van der Waals surface area contributed by atoms with E-state index in [1.165, 1.54) is 0 Å². The molecule has 0 aromatic heterocycles. The third-order valence-corrected chi connectivity index (χ3v) is 7.34. The minimum Gasteiger partial charge on any atom is -0.457 e. The van der Waals surface area contributed by atoms with Crippen LogP contribution in [0.5, 0.6) is 11.5 Å². The van der Waals surface area contributed by atoms with Crippen LogP contribution in [-0.4, -0.2) is 40.1 Å². The lowest BCUT2D eigenvalue weighted by Gasteiger charge is -2.24. The number of nitrogens with one attached hydrogen (secondary N) is 1. The Labute approximate surface area is 200 Å². The normalized spacial score (nSPS) is 15.6. The molecule has 0 aliphatic carbocycles. The van der Waals surface area contributed by atoms with Gasteiger partial charge in [0, 0.05) is 13.2 Å². The average molecular weight is 481 g/mol. The molecule has 1 amide bonds. The van der Waals surface area contributed by atoms with Crippen LogP contribution in [0.1, 0.15) is 18.4 Å². The standard InChI is InChI=1S/C26H28N2O5S/c1-20-9-15-25(16-10-20)34(30,31)28(19-26(29)27-18-24-8-5-17-32-24)21-11-13-23(14-12-21)33-22-6-3-2-4-7-22/h2-4,6-7,9-16,24H,5,8,17-19H2,1H3,(H,27,29)/t24-/m1/s1. The lowest BCUT2D eigenvalue weighted by molar-refractivity contribution is -0.120. The number of anilines is 1. The summed E-state index contributed by atoms with van der Waals surface area (Å²) in [6, 6.07) is 22.5. The van der Waals surface area contributed by atoms with Crippen molar-refractivity contribution in [2.75, 3.05) is 24.0 Å². The molecule has 3 aromatic rings. The number of benzene rings is 3. The van der Waals surface area contributed by atoms with Crippen LogP contribution in [0.2, 0.25) is 0 Å². The Bertz CT molecular complexity index is 1190. The molecule has 8 heteroatoms. The number of para-hydroxylation sites is 1. The van der Waals surface area contributed by atoms with E-state index in [-0.39, 0.29) is 17.5 Å². The largest absolute Gasteiger partial charge is 0.457 e. The average Bonchev–Trinajstić information content (AvgIpc) is 3.37. The Morgan fingerprint density at radius 3 is 2.32 bits per heavy atom. The van der Waals surface area contributed by atoms with Crippen LogP contribution >= 0.6 is 0 Å². The number of rotatable bonds is 9. The summed E-state index contributed by atoms with van der Waals surface area (Å²) in [6.45, 7) is 2.59. The van der Waals surface area contributed by atoms with Gasteiger partial charge in [-0.2, -0.15) is 0 Å². The molecule has 1 aliphatic heterocycles. The summed E-state index contributed by atoms with van der Waals surface area (Å²) in [7, 11) is -3.97. The number of aryl methyl sites for hydroxylation is 1. The van der Waals surface area contributed by atoms with Crippen LogP contribution in [0.15, 0.2) is 83.8 Å². The molecule has 1 fully saturated rings. The molecule has 0 saturated carbocycles. The zero-order chi connectivity index (χ0) is 24.0. The second-order valence-electron chi connectivity index (χ2n) is 8.17. The summed E-state index contributed by atoms with van der Waals surface area (Å²) >= 11 is 0. The molecule has 1 saturated heterocycles. The Morgan fingerprint density at radius 2 is 1.68 bits per heavy atom. The summed E-state index contributed by atoms with van der Waals surface area (Å²) in [5.74, 6) is 0.842. The van der Waals surface area contributed by atoms with E-state index in [1.54, 1.807) is 48.5 Å². The smallest absolute Gasteiger partial charge is 0.264 e. The predicted molar refractivity (Wildman–Crippen MR) is 131 cm³/mol. The fraction of sp³-hybridized carbons (Fsp3) is 0.269. The lowest BCUT2D eigenvalue weighted by atomic mass is 10.2. The topological polar surface area (TPSA) is 84.9 Å². The number of carbonyl (C=O) groups is 1. The van der Waals surface area contributed by atoms with Crippen LogP contribution in [0.3, 0.4) is 0 Å². The maximum absolute atomic E-state index is 13.5. The van der Waals surface area contributed by atoms with Gasteiger partial charge in [-0.25, -0.2) is 8.42 Å². The molecule has 1 N–H and O–H groups in total. The third-order valence-electron chi connectivity index (χ3n) is 5.55. The maximum Gasteiger partial charge on any atom is 0.264 e. The van der Waals surface area contributed by atoms with E-state index < -0.39 is 15.9 Å². The maximum atomic E-state index is 13.5. The highest BCUT2D eigenvalue weighted by Crippen LogP contribution is 2.28. The van der Waals surface area contributed by atoms with Gasteiger partial charge in [-0.1, -0.05) is 35.9 Å². The van der Waals surface area contributed by atoms with E-state index in [4.69, 9.17) is 9.47 Å². The van der Waals surface area contributed by atoms with Crippen LogP contribution in [0, 0.1) is 6.92 Å². The van der Waals surface area contributed by atoms with Crippen LogP contribution < -0.4 is 14.4 Å². The highest BCUT2D eigenvalue weighted by molar-refractivity contribution is 7.92. The monoisotopic (exact) mass is 480 g/mol. The molecule has 0 bridgehead atoms. The highest BCUT2D eigenvalue weighted by Gasteiger charge is 2.28. The molecular formula is C26H28N2O5S. The number of carbonyl (C=O) groups excluding carboxylic acids is 1. The molecule has 0 radical (unpaired) electrons. The summed E-state index contributed by atoms with van der Waals surface area (Å²) in [5.41, 5.74) is 1.32. The SMILES string of the molecule is Cc1ccc(S(=O)(=O)N(CC(=O)NC[C@H]2CCCO2)c2ccc(Oc3ccccc3)cc2)cc1. The lowest BCUT2D eigenvalue weighted by Crippen LogP contribution is -2.42. The summed E-state index contributed by atoms with van der Waals surface area (Å²) in [5, 5.41) is 2.81. The Hall–Kier alpha value is -3.36. The first-order chi connectivity index (χ1) is 16.4. The van der Waals surface area contributed by atoms with Gasteiger partial charge in [-0.3, -0.25) is 9.10 Å². The van der Waals surface area contributed by atoms with Crippen LogP contribution in [-0.2, 0) is 19.6 Å². The van der Waals surface area contributed by atoms with Crippen molar-refractivity contribution >= 4 is 21.6 Å². The van der Waals surface area contributed by atoms with Gasteiger partial charge in [0.25, 0.3) is 10.0 Å². The Kier molecular flexibility index (Phi) is 7.49. The third kappa shape index (κ3) is 5.95. The van der Waals surface area contributed by atoms with Gasteiger partial charge in [-0.05, 0) is 68.3 Å². The number of hydrogen-bond donors (Lipinski definition) is 1. The first kappa shape index (κ1) is 23.8. The zero-order valence-corrected chi connectivity index (χ0v) is 19.8. The number of amides is 1. The van der Waals surface area contributed by atoms with Crippen molar-refractivity contribution in [3.05, 3.63) is 84.4 Å². The molecule has 178 valence electrons. The van der Waals surface area contributed by atoms with Crippen molar-refractivity contribution in [2.45, 2.75) is 30.8 Å². The number of ether oxygens (including phenoxy) is 2. The van der Waals surface area contributed by atoms with Gasteiger partial charge in [0.1, 0.15) is 18.0 Å². The number of nitrogens with zero attached hydrogens (tertiary/aromatic N) is 1. The van der Waals surface area contributed by atoms with Crippen molar-refractivity contribution in [3.8, 4) is 11.5 Å². The van der Waals surface area contributed by atoms with Crippen molar-refractivity contribution in [1.82, 2.24) is 5.32 Å². The van der Waals surface area contributed by atoms with E-state index in [0.717, 1.165) is 22.7 Å². The van der Waals surface area contributed by atoms with E-state index in [2.05, 4.69) is 5.32 Å².